The summed E-state index contributed by atoms with van der Waals surface area (Å²) in [4.78, 5) is 18.3. The third-order valence-electron chi connectivity index (χ3n) is 2.75. The predicted molar refractivity (Wildman–Crippen MR) is 76.1 cm³/mol. The lowest BCUT2D eigenvalue weighted by atomic mass is 9.96. The number of carbonyl (C=O) groups excluding carboxylic acids is 1. The van der Waals surface area contributed by atoms with Crippen LogP contribution in [0.15, 0.2) is 0 Å². The lowest BCUT2D eigenvalue weighted by Crippen LogP contribution is -2.35. The number of aromatic nitrogens is 3. The van der Waals surface area contributed by atoms with E-state index >= 15 is 0 Å². The van der Waals surface area contributed by atoms with Crippen molar-refractivity contribution >= 4 is 5.91 Å². The smallest absolute Gasteiger partial charge is 0.293 e. The van der Waals surface area contributed by atoms with Crippen molar-refractivity contribution in [2.45, 2.75) is 46.5 Å². The van der Waals surface area contributed by atoms with Crippen molar-refractivity contribution in [2.75, 3.05) is 13.1 Å². The molecule has 0 aliphatic rings. The molecule has 1 aromatic rings. The van der Waals surface area contributed by atoms with E-state index in [0.717, 1.165) is 0 Å². The highest BCUT2D eigenvalue weighted by atomic mass is 16.2. The van der Waals surface area contributed by atoms with Gasteiger partial charge in [-0.2, -0.15) is 5.26 Å². The van der Waals surface area contributed by atoms with E-state index in [1.54, 1.807) is 4.90 Å². The van der Waals surface area contributed by atoms with Gasteiger partial charge in [-0.1, -0.05) is 34.6 Å². The van der Waals surface area contributed by atoms with Crippen molar-refractivity contribution in [3.8, 4) is 6.07 Å². The standard InChI is InChI=1S/C14H23N5O/c1-10(2)9-19(8-6-7-15)12(20)11-16-13(18-17-11)14(3,4)5/h10H,6,8-9H2,1-5H3,(H,16,17,18). The summed E-state index contributed by atoms with van der Waals surface area (Å²) in [6.07, 6.45) is 0.314. The first-order chi connectivity index (χ1) is 9.25. The maximum absolute atomic E-state index is 12.4. The molecule has 0 unspecified atom stereocenters. The zero-order valence-electron chi connectivity index (χ0n) is 12.9. The van der Waals surface area contributed by atoms with Crippen LogP contribution in [0.25, 0.3) is 0 Å². The summed E-state index contributed by atoms with van der Waals surface area (Å²) in [6.45, 7) is 11.1. The summed E-state index contributed by atoms with van der Waals surface area (Å²) in [5.74, 6) is 0.971. The summed E-state index contributed by atoms with van der Waals surface area (Å²) >= 11 is 0. The van der Waals surface area contributed by atoms with E-state index in [-0.39, 0.29) is 17.1 Å². The molecule has 0 saturated carbocycles. The van der Waals surface area contributed by atoms with Gasteiger partial charge in [0.25, 0.3) is 5.91 Å². The van der Waals surface area contributed by atoms with Gasteiger partial charge in [-0.25, -0.2) is 4.98 Å². The Bertz CT molecular complexity index is 492. The van der Waals surface area contributed by atoms with Crippen LogP contribution < -0.4 is 0 Å². The second-order valence-corrected chi connectivity index (χ2v) is 6.31. The predicted octanol–water partition coefficient (Wildman–Crippen LogP) is 2.11. The Kier molecular flexibility index (Phi) is 5.26. The minimum absolute atomic E-state index is 0.175. The zero-order chi connectivity index (χ0) is 15.3. The maximum atomic E-state index is 12.4. The molecule has 0 radical (unpaired) electrons. The molecule has 0 bridgehead atoms. The van der Waals surface area contributed by atoms with Crippen molar-refractivity contribution in [1.82, 2.24) is 20.1 Å². The molecule has 6 heteroatoms. The van der Waals surface area contributed by atoms with Gasteiger partial charge in [0.1, 0.15) is 5.82 Å². The van der Waals surface area contributed by atoms with E-state index in [1.165, 1.54) is 0 Å². The third-order valence-corrected chi connectivity index (χ3v) is 2.75. The number of nitriles is 1. The number of aromatic amines is 1. The van der Waals surface area contributed by atoms with Gasteiger partial charge in [0.05, 0.1) is 12.5 Å². The average molecular weight is 277 g/mol. The Morgan fingerprint density at radius 1 is 1.45 bits per heavy atom. The second kappa shape index (κ2) is 6.51. The van der Waals surface area contributed by atoms with Crippen LogP contribution in [0.5, 0.6) is 0 Å². The molecule has 0 aromatic carbocycles. The molecule has 0 fully saturated rings. The normalized spacial score (nSPS) is 11.4. The summed E-state index contributed by atoms with van der Waals surface area (Å²) in [7, 11) is 0. The van der Waals surface area contributed by atoms with Crippen molar-refractivity contribution in [2.24, 2.45) is 5.92 Å². The fourth-order valence-electron chi connectivity index (χ4n) is 1.74. The summed E-state index contributed by atoms with van der Waals surface area (Å²) in [5, 5.41) is 15.5. The average Bonchev–Trinajstić information content (AvgIpc) is 2.82. The van der Waals surface area contributed by atoms with E-state index < -0.39 is 0 Å². The van der Waals surface area contributed by atoms with Gasteiger partial charge in [-0.3, -0.25) is 9.89 Å². The number of hydrogen-bond acceptors (Lipinski definition) is 4. The number of rotatable bonds is 5. The monoisotopic (exact) mass is 277 g/mol. The van der Waals surface area contributed by atoms with Gasteiger partial charge in [0, 0.05) is 18.5 Å². The number of amides is 1. The van der Waals surface area contributed by atoms with Gasteiger partial charge in [-0.15, -0.1) is 5.10 Å². The molecule has 6 nitrogen and oxygen atoms in total. The molecule has 1 N–H and O–H groups in total. The molecule has 1 aromatic heterocycles. The Morgan fingerprint density at radius 2 is 2.10 bits per heavy atom. The summed E-state index contributed by atoms with van der Waals surface area (Å²) in [5.41, 5.74) is -0.180. The molecule has 110 valence electrons. The second-order valence-electron chi connectivity index (χ2n) is 6.31. The molecule has 0 aliphatic heterocycles. The minimum Gasteiger partial charge on any atom is -0.335 e. The SMILES string of the molecule is CC(C)CN(CCC#N)C(=O)c1n[nH]c(C(C)(C)C)n1. The fourth-order valence-corrected chi connectivity index (χ4v) is 1.74. The van der Waals surface area contributed by atoms with Gasteiger partial charge >= 0.3 is 0 Å². The van der Waals surface area contributed by atoms with Crippen LogP contribution in [-0.4, -0.2) is 39.1 Å². The molecule has 1 rings (SSSR count). The number of nitrogens with one attached hydrogen (secondary N) is 1. The van der Waals surface area contributed by atoms with Gasteiger partial charge in [-0.05, 0) is 5.92 Å². The quantitative estimate of drug-likeness (QED) is 0.893. The van der Waals surface area contributed by atoms with Crippen molar-refractivity contribution < 1.29 is 4.79 Å². The Morgan fingerprint density at radius 3 is 2.55 bits per heavy atom. The van der Waals surface area contributed by atoms with Crippen LogP contribution >= 0.6 is 0 Å². The Labute approximate surface area is 120 Å². The molecule has 20 heavy (non-hydrogen) atoms. The van der Waals surface area contributed by atoms with E-state index in [2.05, 4.69) is 21.3 Å². The molecular formula is C14H23N5O. The van der Waals surface area contributed by atoms with E-state index in [1.807, 2.05) is 34.6 Å². The number of hydrogen-bond donors (Lipinski definition) is 1. The molecule has 0 spiro atoms. The number of carbonyl (C=O) groups is 1. The third kappa shape index (κ3) is 4.34. The highest BCUT2D eigenvalue weighted by molar-refractivity contribution is 5.90. The van der Waals surface area contributed by atoms with Crippen LogP contribution in [0.3, 0.4) is 0 Å². The topological polar surface area (TPSA) is 85.7 Å². The minimum atomic E-state index is -0.222. The maximum Gasteiger partial charge on any atom is 0.293 e. The highest BCUT2D eigenvalue weighted by Crippen LogP contribution is 2.17. The van der Waals surface area contributed by atoms with E-state index in [9.17, 15) is 4.79 Å². The van der Waals surface area contributed by atoms with Crippen molar-refractivity contribution in [1.29, 1.82) is 5.26 Å². The molecular weight excluding hydrogens is 254 g/mol. The van der Waals surface area contributed by atoms with Crippen molar-refractivity contribution in [3.63, 3.8) is 0 Å². The van der Waals surface area contributed by atoms with Gasteiger partial charge in [0.15, 0.2) is 0 Å². The highest BCUT2D eigenvalue weighted by Gasteiger charge is 2.24. The first kappa shape index (κ1) is 16.2. The molecule has 0 saturated heterocycles. The lowest BCUT2D eigenvalue weighted by Gasteiger charge is -2.22. The Hall–Kier alpha value is -1.90. The molecule has 1 heterocycles. The van der Waals surface area contributed by atoms with Crippen LogP contribution in [0.2, 0.25) is 0 Å². The largest absolute Gasteiger partial charge is 0.335 e. The zero-order valence-corrected chi connectivity index (χ0v) is 12.9. The first-order valence-electron chi connectivity index (χ1n) is 6.84. The number of H-pyrrole nitrogens is 1. The number of nitrogens with zero attached hydrogens (tertiary/aromatic N) is 4. The van der Waals surface area contributed by atoms with Crippen molar-refractivity contribution in [3.05, 3.63) is 11.6 Å². The summed E-state index contributed by atoms with van der Waals surface area (Å²) < 4.78 is 0. The van der Waals surface area contributed by atoms with E-state index in [4.69, 9.17) is 5.26 Å². The molecule has 0 atom stereocenters. The summed E-state index contributed by atoms with van der Waals surface area (Å²) in [6, 6.07) is 2.06. The van der Waals surface area contributed by atoms with Gasteiger partial charge < -0.3 is 4.90 Å². The van der Waals surface area contributed by atoms with Crippen LogP contribution in [0, 0.1) is 17.2 Å². The van der Waals surface area contributed by atoms with Crippen LogP contribution in [0.4, 0.5) is 0 Å². The molecule has 0 aliphatic carbocycles. The lowest BCUT2D eigenvalue weighted by molar-refractivity contribution is 0.0728. The van der Waals surface area contributed by atoms with E-state index in [0.29, 0.717) is 31.3 Å². The first-order valence-corrected chi connectivity index (χ1v) is 6.84. The van der Waals surface area contributed by atoms with Crippen LogP contribution in [0.1, 0.15) is 57.5 Å². The fraction of sp³-hybridized carbons (Fsp3) is 0.714. The Balaban J connectivity index is 2.88. The van der Waals surface area contributed by atoms with Crippen LogP contribution in [-0.2, 0) is 5.41 Å². The molecule has 1 amide bonds. The van der Waals surface area contributed by atoms with Gasteiger partial charge in [0.2, 0.25) is 5.82 Å².